The molecule has 0 amide bonds. The van der Waals surface area contributed by atoms with Crippen LogP contribution in [0.15, 0.2) is 24.3 Å². The van der Waals surface area contributed by atoms with Gasteiger partial charge >= 0.3 is 0 Å². The Balaban J connectivity index is 1.49. The Hall–Kier alpha value is -2.12. The van der Waals surface area contributed by atoms with Crippen molar-refractivity contribution in [3.63, 3.8) is 0 Å². The zero-order valence-corrected chi connectivity index (χ0v) is 21.5. The van der Waals surface area contributed by atoms with Crippen LogP contribution in [0, 0.1) is 0 Å². The molecule has 5 rings (SSSR count). The number of fused-ring (bicyclic) bond motifs is 7. The SMILES string of the molecule is c1cc2c(c3c1CCCC3)-c1c(ccc3c1CCCC3)OCCOCCOCCOCCOCCO2. The van der Waals surface area contributed by atoms with Crippen LogP contribution in [0.25, 0.3) is 11.1 Å². The maximum absolute atomic E-state index is 6.42. The van der Waals surface area contributed by atoms with Gasteiger partial charge in [-0.05, 0) is 85.8 Å². The minimum Gasteiger partial charge on any atom is -0.491 e. The Morgan fingerprint density at radius 2 is 0.750 bits per heavy atom. The van der Waals surface area contributed by atoms with Crippen LogP contribution in [-0.4, -0.2) is 66.1 Å². The van der Waals surface area contributed by atoms with E-state index in [2.05, 4.69) is 24.3 Å². The number of benzene rings is 2. The average Bonchev–Trinajstić information content (AvgIpc) is 2.92. The molecule has 2 aromatic carbocycles. The fourth-order valence-corrected chi connectivity index (χ4v) is 5.58. The summed E-state index contributed by atoms with van der Waals surface area (Å²) in [6.45, 7) is 5.41. The van der Waals surface area contributed by atoms with Crippen LogP contribution >= 0.6 is 0 Å². The molecule has 0 N–H and O–H groups in total. The van der Waals surface area contributed by atoms with E-state index in [1.165, 1.54) is 59.1 Å². The van der Waals surface area contributed by atoms with Crippen molar-refractivity contribution in [2.24, 2.45) is 0 Å². The van der Waals surface area contributed by atoms with Gasteiger partial charge in [0.2, 0.25) is 0 Å². The van der Waals surface area contributed by atoms with Gasteiger partial charge in [-0.3, -0.25) is 0 Å². The smallest absolute Gasteiger partial charge is 0.127 e. The Bertz CT molecular complexity index is 908. The maximum atomic E-state index is 6.42. The Labute approximate surface area is 215 Å². The first-order chi connectivity index (χ1) is 17.9. The van der Waals surface area contributed by atoms with Crippen molar-refractivity contribution in [2.75, 3.05) is 66.1 Å². The quantitative estimate of drug-likeness (QED) is 0.515. The average molecular weight is 497 g/mol. The maximum Gasteiger partial charge on any atom is 0.127 e. The van der Waals surface area contributed by atoms with Gasteiger partial charge in [-0.25, -0.2) is 0 Å². The molecule has 0 saturated heterocycles. The third-order valence-corrected chi connectivity index (χ3v) is 7.33. The second kappa shape index (κ2) is 13.4. The van der Waals surface area contributed by atoms with Gasteiger partial charge in [0, 0.05) is 11.1 Å². The van der Waals surface area contributed by atoms with E-state index in [9.17, 15) is 0 Å². The molecule has 3 aliphatic rings. The van der Waals surface area contributed by atoms with Crippen molar-refractivity contribution < 1.29 is 28.4 Å². The number of ether oxygens (including phenoxy) is 6. The van der Waals surface area contributed by atoms with Gasteiger partial charge in [0.1, 0.15) is 24.7 Å². The van der Waals surface area contributed by atoms with E-state index in [-0.39, 0.29) is 0 Å². The summed E-state index contributed by atoms with van der Waals surface area (Å²) in [5, 5.41) is 0. The second-order valence-corrected chi connectivity index (χ2v) is 9.71. The third kappa shape index (κ3) is 6.41. The number of hydrogen-bond donors (Lipinski definition) is 0. The molecule has 0 radical (unpaired) electrons. The van der Waals surface area contributed by atoms with Gasteiger partial charge < -0.3 is 28.4 Å². The summed E-state index contributed by atoms with van der Waals surface area (Å²) in [5.41, 5.74) is 8.27. The highest BCUT2D eigenvalue weighted by molar-refractivity contribution is 5.83. The van der Waals surface area contributed by atoms with Crippen LogP contribution in [-0.2, 0) is 44.6 Å². The molecular formula is C30H40O6. The molecule has 1 heterocycles. The van der Waals surface area contributed by atoms with Crippen LogP contribution in [0.3, 0.4) is 0 Å². The Kier molecular flexibility index (Phi) is 9.52. The van der Waals surface area contributed by atoms with E-state index in [0.29, 0.717) is 66.1 Å². The zero-order valence-electron chi connectivity index (χ0n) is 21.5. The topological polar surface area (TPSA) is 55.4 Å². The predicted octanol–water partition coefficient (Wildman–Crippen LogP) is 4.95. The molecule has 0 spiro atoms. The minimum absolute atomic E-state index is 0.508. The Morgan fingerprint density at radius 1 is 0.389 bits per heavy atom. The van der Waals surface area contributed by atoms with Crippen molar-refractivity contribution in [2.45, 2.75) is 51.4 Å². The second-order valence-electron chi connectivity index (χ2n) is 9.71. The fourth-order valence-electron chi connectivity index (χ4n) is 5.58. The standard InChI is InChI=1S/C30H40O6/c1-3-7-25-23(5-1)9-11-27-29(25)30-26-8-4-2-6-24(26)10-12-28(30)36-22-20-34-18-16-32-14-13-31-15-17-33-19-21-35-27/h9-12H,1-8,13-22H2. The summed E-state index contributed by atoms with van der Waals surface area (Å²) < 4.78 is 35.5. The van der Waals surface area contributed by atoms with E-state index in [1.807, 2.05) is 0 Å². The largest absolute Gasteiger partial charge is 0.491 e. The highest BCUT2D eigenvalue weighted by Gasteiger charge is 2.26. The summed E-state index contributed by atoms with van der Waals surface area (Å²) in [5.74, 6) is 1.89. The molecule has 6 nitrogen and oxygen atoms in total. The first kappa shape index (κ1) is 25.5. The van der Waals surface area contributed by atoms with Gasteiger partial charge in [0.05, 0.1) is 52.9 Å². The fraction of sp³-hybridized carbons (Fsp3) is 0.600. The van der Waals surface area contributed by atoms with E-state index < -0.39 is 0 Å². The summed E-state index contributed by atoms with van der Waals surface area (Å²) in [4.78, 5) is 0. The highest BCUT2D eigenvalue weighted by Crippen LogP contribution is 2.46. The molecule has 0 atom stereocenters. The van der Waals surface area contributed by atoms with Gasteiger partial charge in [-0.2, -0.15) is 0 Å². The molecule has 0 unspecified atom stereocenters. The summed E-state index contributed by atoms with van der Waals surface area (Å²) in [6, 6.07) is 8.88. The van der Waals surface area contributed by atoms with Crippen molar-refractivity contribution in [3.8, 4) is 22.6 Å². The van der Waals surface area contributed by atoms with Gasteiger partial charge in [0.25, 0.3) is 0 Å². The minimum atomic E-state index is 0.508. The molecule has 2 aliphatic carbocycles. The monoisotopic (exact) mass is 496 g/mol. The zero-order chi connectivity index (χ0) is 24.4. The van der Waals surface area contributed by atoms with Crippen LogP contribution in [0.2, 0.25) is 0 Å². The number of aryl methyl sites for hydroxylation is 2. The lowest BCUT2D eigenvalue weighted by atomic mass is 9.80. The van der Waals surface area contributed by atoms with Crippen LogP contribution in [0.4, 0.5) is 0 Å². The van der Waals surface area contributed by atoms with E-state index in [4.69, 9.17) is 28.4 Å². The lowest BCUT2D eigenvalue weighted by Crippen LogP contribution is -2.16. The predicted molar refractivity (Wildman–Crippen MR) is 139 cm³/mol. The van der Waals surface area contributed by atoms with Gasteiger partial charge in [-0.1, -0.05) is 12.1 Å². The molecule has 196 valence electrons. The van der Waals surface area contributed by atoms with Crippen molar-refractivity contribution in [1.82, 2.24) is 0 Å². The third-order valence-electron chi connectivity index (χ3n) is 7.33. The first-order valence-corrected chi connectivity index (χ1v) is 13.8. The molecule has 0 fully saturated rings. The van der Waals surface area contributed by atoms with Crippen LogP contribution in [0.1, 0.15) is 47.9 Å². The van der Waals surface area contributed by atoms with Gasteiger partial charge in [-0.15, -0.1) is 0 Å². The lowest BCUT2D eigenvalue weighted by Gasteiger charge is -2.28. The number of hydrogen-bond acceptors (Lipinski definition) is 6. The van der Waals surface area contributed by atoms with Crippen LogP contribution in [0.5, 0.6) is 11.5 Å². The molecule has 0 bridgehead atoms. The molecular weight excluding hydrogens is 456 g/mol. The lowest BCUT2D eigenvalue weighted by molar-refractivity contribution is -0.00705. The van der Waals surface area contributed by atoms with E-state index in [1.54, 1.807) is 0 Å². The van der Waals surface area contributed by atoms with E-state index >= 15 is 0 Å². The van der Waals surface area contributed by atoms with Crippen LogP contribution < -0.4 is 9.47 Å². The molecule has 36 heavy (non-hydrogen) atoms. The van der Waals surface area contributed by atoms with Crippen molar-refractivity contribution in [1.29, 1.82) is 0 Å². The first-order valence-electron chi connectivity index (χ1n) is 13.8. The van der Waals surface area contributed by atoms with Gasteiger partial charge in [0.15, 0.2) is 0 Å². The summed E-state index contributed by atoms with van der Waals surface area (Å²) >= 11 is 0. The molecule has 6 heteroatoms. The normalized spacial score (nSPS) is 20.4. The van der Waals surface area contributed by atoms with Crippen molar-refractivity contribution >= 4 is 0 Å². The summed E-state index contributed by atoms with van der Waals surface area (Å²) in [6.07, 6.45) is 9.37. The Morgan fingerprint density at radius 3 is 1.17 bits per heavy atom. The molecule has 0 aromatic heterocycles. The summed E-state index contributed by atoms with van der Waals surface area (Å²) in [7, 11) is 0. The van der Waals surface area contributed by atoms with Crippen molar-refractivity contribution in [3.05, 3.63) is 46.5 Å². The molecule has 0 saturated carbocycles. The van der Waals surface area contributed by atoms with E-state index in [0.717, 1.165) is 37.2 Å². The molecule has 1 aliphatic heterocycles. The molecule has 2 aromatic rings. The highest BCUT2D eigenvalue weighted by atomic mass is 16.6. The number of rotatable bonds is 0.